The molecule has 1 amide bonds. The molecule has 1 heterocycles. The van der Waals surface area contributed by atoms with Crippen molar-refractivity contribution >= 4 is 18.0 Å². The molecule has 1 atom stereocenters. The van der Waals surface area contributed by atoms with Crippen molar-refractivity contribution < 1.29 is 38.8 Å². The zero-order chi connectivity index (χ0) is 22.5. The number of carbonyl (C=O) groups excluding carboxylic acids is 1. The summed E-state index contributed by atoms with van der Waals surface area (Å²) in [6.45, 7) is 12.0. The number of rotatable bonds is 8. The SMILES string of the molecule is CCOC1(OCC)CCN[C@H](CNC(=O)OC(C)(C)C)C1.O=C(O)/C=C/C(=O)O. The van der Waals surface area contributed by atoms with E-state index in [1.165, 1.54) is 0 Å². The third-order valence-corrected chi connectivity index (χ3v) is 3.57. The Kier molecular flexibility index (Phi) is 12.1. The zero-order valence-electron chi connectivity index (χ0n) is 17.8. The maximum Gasteiger partial charge on any atom is 0.407 e. The molecule has 168 valence electrons. The molecule has 10 nitrogen and oxygen atoms in total. The van der Waals surface area contributed by atoms with Gasteiger partial charge in [-0.2, -0.15) is 0 Å². The summed E-state index contributed by atoms with van der Waals surface area (Å²) in [5.74, 6) is -3.05. The van der Waals surface area contributed by atoms with Crippen LogP contribution in [-0.4, -0.2) is 72.0 Å². The fourth-order valence-electron chi connectivity index (χ4n) is 2.65. The molecule has 1 aliphatic heterocycles. The van der Waals surface area contributed by atoms with E-state index in [2.05, 4.69) is 10.6 Å². The van der Waals surface area contributed by atoms with E-state index in [0.29, 0.717) is 38.3 Å². The van der Waals surface area contributed by atoms with Crippen LogP contribution in [0.3, 0.4) is 0 Å². The van der Waals surface area contributed by atoms with Crippen molar-refractivity contribution in [3.63, 3.8) is 0 Å². The van der Waals surface area contributed by atoms with Gasteiger partial charge < -0.3 is 35.1 Å². The highest BCUT2D eigenvalue weighted by Crippen LogP contribution is 2.27. The second-order valence-corrected chi connectivity index (χ2v) is 7.27. The van der Waals surface area contributed by atoms with Gasteiger partial charge in [0.2, 0.25) is 0 Å². The van der Waals surface area contributed by atoms with Crippen LogP contribution in [0.5, 0.6) is 0 Å². The number of carboxylic acids is 2. The number of piperidine rings is 1. The number of carbonyl (C=O) groups is 3. The number of aliphatic carboxylic acids is 2. The van der Waals surface area contributed by atoms with E-state index in [4.69, 9.17) is 24.4 Å². The summed E-state index contributed by atoms with van der Waals surface area (Å²) in [4.78, 5) is 30.8. The second-order valence-electron chi connectivity index (χ2n) is 7.27. The molecule has 0 radical (unpaired) electrons. The summed E-state index contributed by atoms with van der Waals surface area (Å²) >= 11 is 0. The lowest BCUT2D eigenvalue weighted by atomic mass is 9.97. The van der Waals surface area contributed by atoms with Crippen LogP contribution in [0.1, 0.15) is 47.5 Å². The average Bonchev–Trinajstić information content (AvgIpc) is 2.58. The van der Waals surface area contributed by atoms with Gasteiger partial charge in [-0.25, -0.2) is 14.4 Å². The molecule has 0 saturated carbocycles. The van der Waals surface area contributed by atoms with Crippen molar-refractivity contribution in [1.82, 2.24) is 10.6 Å². The Balaban J connectivity index is 0.000000828. The van der Waals surface area contributed by atoms with Crippen LogP contribution in [0.4, 0.5) is 4.79 Å². The molecule has 0 aromatic rings. The van der Waals surface area contributed by atoms with E-state index in [1.54, 1.807) is 0 Å². The largest absolute Gasteiger partial charge is 0.478 e. The zero-order valence-corrected chi connectivity index (χ0v) is 17.8. The molecule has 0 aromatic heterocycles. The standard InChI is InChI=1S/C15H30N2O4.C4H4O4/c1-6-19-15(20-7-2)8-9-16-12(10-15)11-17-13(18)21-14(3,4)5;5-3(6)1-2-4(7)8/h12,16H,6-11H2,1-5H3,(H,17,18);1-2H,(H,5,6)(H,7,8)/b;2-1+/t12-;/m0./s1. The molecule has 4 N–H and O–H groups in total. The molecule has 0 spiro atoms. The van der Waals surface area contributed by atoms with Gasteiger partial charge in [-0.3, -0.25) is 0 Å². The highest BCUT2D eigenvalue weighted by atomic mass is 16.7. The quantitative estimate of drug-likeness (QED) is 0.342. The fourth-order valence-corrected chi connectivity index (χ4v) is 2.65. The molecule has 10 heteroatoms. The summed E-state index contributed by atoms with van der Waals surface area (Å²) in [6, 6.07) is 0.115. The van der Waals surface area contributed by atoms with Crippen LogP contribution in [0.25, 0.3) is 0 Å². The molecular formula is C19H34N2O8. The summed E-state index contributed by atoms with van der Waals surface area (Å²) in [6.07, 6.45) is 2.25. The smallest absolute Gasteiger partial charge is 0.407 e. The third kappa shape index (κ3) is 13.6. The van der Waals surface area contributed by atoms with E-state index < -0.39 is 29.4 Å². The van der Waals surface area contributed by atoms with Gasteiger partial charge in [0.25, 0.3) is 0 Å². The van der Waals surface area contributed by atoms with Crippen molar-refractivity contribution in [3.05, 3.63) is 12.2 Å². The van der Waals surface area contributed by atoms with E-state index in [0.717, 1.165) is 13.0 Å². The molecule has 1 rings (SSSR count). The molecule has 1 fully saturated rings. The molecular weight excluding hydrogens is 384 g/mol. The molecule has 0 aliphatic carbocycles. The van der Waals surface area contributed by atoms with Gasteiger partial charge in [0.1, 0.15) is 5.60 Å². The Hall–Kier alpha value is -2.17. The first-order chi connectivity index (χ1) is 13.4. The minimum atomic E-state index is -1.26. The van der Waals surface area contributed by atoms with Crippen LogP contribution in [0.15, 0.2) is 12.2 Å². The summed E-state index contributed by atoms with van der Waals surface area (Å²) in [5, 5.41) is 21.8. The minimum absolute atomic E-state index is 0.115. The van der Waals surface area contributed by atoms with Crippen molar-refractivity contribution in [1.29, 1.82) is 0 Å². The number of amides is 1. The van der Waals surface area contributed by atoms with Crippen LogP contribution in [-0.2, 0) is 23.8 Å². The summed E-state index contributed by atoms with van der Waals surface area (Å²) in [7, 11) is 0. The molecule has 1 aliphatic rings. The normalized spacial score (nSPS) is 18.4. The van der Waals surface area contributed by atoms with Crippen molar-refractivity contribution in [2.45, 2.75) is 64.9 Å². The fraction of sp³-hybridized carbons (Fsp3) is 0.737. The highest BCUT2D eigenvalue weighted by Gasteiger charge is 2.37. The van der Waals surface area contributed by atoms with Crippen LogP contribution >= 0.6 is 0 Å². The summed E-state index contributed by atoms with van der Waals surface area (Å²) < 4.78 is 16.9. The molecule has 1 saturated heterocycles. The van der Waals surface area contributed by atoms with E-state index in [9.17, 15) is 14.4 Å². The topological polar surface area (TPSA) is 143 Å². The maximum atomic E-state index is 11.7. The predicted molar refractivity (Wildman–Crippen MR) is 106 cm³/mol. The number of carboxylic acid groups (broad SMARTS) is 2. The molecule has 0 aromatic carbocycles. The highest BCUT2D eigenvalue weighted by molar-refractivity contribution is 5.89. The minimum Gasteiger partial charge on any atom is -0.478 e. The number of alkyl carbamates (subject to hydrolysis) is 1. The average molecular weight is 418 g/mol. The first-order valence-electron chi connectivity index (χ1n) is 9.55. The van der Waals surface area contributed by atoms with Gasteiger partial charge in [0.05, 0.1) is 0 Å². The van der Waals surface area contributed by atoms with Crippen molar-refractivity contribution in [3.8, 4) is 0 Å². The summed E-state index contributed by atoms with van der Waals surface area (Å²) in [5.41, 5.74) is -0.482. The van der Waals surface area contributed by atoms with Crippen LogP contribution in [0, 0.1) is 0 Å². The third-order valence-electron chi connectivity index (χ3n) is 3.57. The second kappa shape index (κ2) is 13.1. The first-order valence-corrected chi connectivity index (χ1v) is 9.55. The lowest BCUT2D eigenvalue weighted by molar-refractivity contribution is -0.249. The molecule has 0 bridgehead atoms. The van der Waals surface area contributed by atoms with E-state index >= 15 is 0 Å². The molecule has 29 heavy (non-hydrogen) atoms. The first kappa shape index (κ1) is 26.8. The Morgan fingerprint density at radius 2 is 1.62 bits per heavy atom. The van der Waals surface area contributed by atoms with Gasteiger partial charge in [-0.05, 0) is 34.6 Å². The van der Waals surface area contributed by atoms with E-state index in [1.807, 2.05) is 34.6 Å². The monoisotopic (exact) mass is 418 g/mol. The van der Waals surface area contributed by atoms with Gasteiger partial charge >= 0.3 is 18.0 Å². The predicted octanol–water partition coefficient (Wildman–Crippen LogP) is 1.74. The van der Waals surface area contributed by atoms with E-state index in [-0.39, 0.29) is 6.04 Å². The number of nitrogens with one attached hydrogen (secondary N) is 2. The number of hydrogen-bond acceptors (Lipinski definition) is 7. The Morgan fingerprint density at radius 1 is 1.10 bits per heavy atom. The Morgan fingerprint density at radius 3 is 2.03 bits per heavy atom. The maximum absolute atomic E-state index is 11.7. The molecule has 0 unspecified atom stereocenters. The van der Waals surface area contributed by atoms with Gasteiger partial charge in [-0.15, -0.1) is 0 Å². The van der Waals surface area contributed by atoms with Crippen molar-refractivity contribution in [2.24, 2.45) is 0 Å². The van der Waals surface area contributed by atoms with Gasteiger partial charge in [-0.1, -0.05) is 0 Å². The van der Waals surface area contributed by atoms with Crippen LogP contribution in [0.2, 0.25) is 0 Å². The lowest BCUT2D eigenvalue weighted by Crippen LogP contribution is -2.54. The lowest BCUT2D eigenvalue weighted by Gasteiger charge is -2.40. The van der Waals surface area contributed by atoms with Crippen molar-refractivity contribution in [2.75, 3.05) is 26.3 Å². The number of ether oxygens (including phenoxy) is 3. The van der Waals surface area contributed by atoms with Gasteiger partial charge in [0, 0.05) is 57.3 Å². The number of hydrogen-bond donors (Lipinski definition) is 4. The van der Waals surface area contributed by atoms with Crippen LogP contribution < -0.4 is 10.6 Å². The van der Waals surface area contributed by atoms with Gasteiger partial charge in [0.15, 0.2) is 5.79 Å². The Bertz CT molecular complexity index is 529. The Labute approximate surface area is 171 Å².